The molecule has 0 unspecified atom stereocenters. The summed E-state index contributed by atoms with van der Waals surface area (Å²) in [5, 5.41) is 6.97. The maximum Gasteiger partial charge on any atom is 0.434 e. The molecule has 0 bridgehead atoms. The maximum atomic E-state index is 12.6. The first-order valence-electron chi connectivity index (χ1n) is 8.24. The molecule has 0 atom stereocenters. The number of carbonyl (C=O) groups is 1. The van der Waals surface area contributed by atoms with Gasteiger partial charge >= 0.3 is 17.2 Å². The third kappa shape index (κ3) is 3.94. The van der Waals surface area contributed by atoms with Crippen molar-refractivity contribution in [2.45, 2.75) is 13.5 Å². The first-order chi connectivity index (χ1) is 12.7. The molecule has 0 aliphatic heterocycles. The highest BCUT2D eigenvalue weighted by molar-refractivity contribution is 5.85. The molecular weight excluding hydrogens is 332 g/mol. The van der Waals surface area contributed by atoms with E-state index in [1.54, 1.807) is 13.1 Å². The van der Waals surface area contributed by atoms with Crippen LogP contribution in [0.4, 0.5) is 0 Å². The second-order valence-corrected chi connectivity index (χ2v) is 5.51. The Balaban J connectivity index is 1.98. The molecule has 0 saturated carbocycles. The summed E-state index contributed by atoms with van der Waals surface area (Å²) in [6.07, 6.45) is 1.54. The third-order valence-electron chi connectivity index (χ3n) is 3.65. The summed E-state index contributed by atoms with van der Waals surface area (Å²) < 4.78 is 6.46. The highest BCUT2D eigenvalue weighted by Gasteiger charge is 2.29. The van der Waals surface area contributed by atoms with Gasteiger partial charge in [-0.3, -0.25) is 0 Å². The summed E-state index contributed by atoms with van der Waals surface area (Å²) >= 11 is 0. The van der Waals surface area contributed by atoms with Gasteiger partial charge in [0.1, 0.15) is 6.54 Å². The summed E-state index contributed by atoms with van der Waals surface area (Å²) in [7, 11) is 0. The van der Waals surface area contributed by atoms with E-state index in [2.05, 4.69) is 10.3 Å². The summed E-state index contributed by atoms with van der Waals surface area (Å²) in [6.45, 7) is 2.19. The van der Waals surface area contributed by atoms with Gasteiger partial charge in [0.05, 0.1) is 12.8 Å². The van der Waals surface area contributed by atoms with Crippen molar-refractivity contribution in [1.82, 2.24) is 10.0 Å². The molecule has 26 heavy (non-hydrogen) atoms. The minimum atomic E-state index is -0.682. The Bertz CT molecular complexity index is 959. The van der Waals surface area contributed by atoms with E-state index >= 15 is 0 Å². The van der Waals surface area contributed by atoms with Crippen LogP contribution in [-0.4, -0.2) is 28.8 Å². The number of aromatic nitrogens is 3. The molecule has 0 saturated heterocycles. The number of hydrogen-bond acceptors (Lipinski definition) is 4. The van der Waals surface area contributed by atoms with Gasteiger partial charge in [0.2, 0.25) is 0 Å². The van der Waals surface area contributed by atoms with Crippen LogP contribution >= 0.6 is 0 Å². The predicted molar refractivity (Wildman–Crippen MR) is 96.2 cm³/mol. The fourth-order valence-electron chi connectivity index (χ4n) is 2.44. The van der Waals surface area contributed by atoms with E-state index in [4.69, 9.17) is 4.74 Å². The summed E-state index contributed by atoms with van der Waals surface area (Å²) in [5.74, 6) is -0.682. The number of nitrogens with one attached hydrogen (secondary N) is 1. The Morgan fingerprint density at radius 2 is 1.81 bits per heavy atom. The van der Waals surface area contributed by atoms with Gasteiger partial charge < -0.3 is 4.74 Å². The Morgan fingerprint density at radius 1 is 1.15 bits per heavy atom. The molecule has 2 aromatic carbocycles. The molecule has 0 aliphatic rings. The number of nitrogens with zero attached hydrogens (tertiary/aromatic N) is 3. The maximum absolute atomic E-state index is 12.6. The van der Waals surface area contributed by atoms with Crippen LogP contribution in [0.1, 0.15) is 28.5 Å². The van der Waals surface area contributed by atoms with E-state index < -0.39 is 11.5 Å². The van der Waals surface area contributed by atoms with Crippen molar-refractivity contribution in [3.05, 3.63) is 87.8 Å². The first-order valence-corrected chi connectivity index (χ1v) is 8.24. The standard InChI is InChI=1S/C19H18N4O3/c1-2-26-19(25)17-18(24)23(20-13-15-9-5-3-6-10-15)21-22(17)14-16-11-7-4-8-12-16/h3-13H,2,14H2,1H3/p+1. The largest absolute Gasteiger partial charge is 0.459 e. The van der Waals surface area contributed by atoms with Gasteiger partial charge in [0.25, 0.3) is 0 Å². The van der Waals surface area contributed by atoms with E-state index in [1.165, 1.54) is 4.68 Å². The average molecular weight is 351 g/mol. The molecular formula is C19H19N4O3+. The van der Waals surface area contributed by atoms with Crippen LogP contribution < -0.4 is 10.2 Å². The highest BCUT2D eigenvalue weighted by Crippen LogP contribution is 1.99. The summed E-state index contributed by atoms with van der Waals surface area (Å²) in [5.41, 5.74) is 1.11. The minimum absolute atomic E-state index is 0.0964. The van der Waals surface area contributed by atoms with Crippen LogP contribution in [0.25, 0.3) is 0 Å². The van der Waals surface area contributed by atoms with Gasteiger partial charge in [-0.15, -0.1) is 4.68 Å². The Hall–Kier alpha value is -3.48. The quantitative estimate of drug-likeness (QED) is 0.416. The van der Waals surface area contributed by atoms with Crippen molar-refractivity contribution in [2.24, 2.45) is 5.10 Å². The van der Waals surface area contributed by atoms with Crippen molar-refractivity contribution in [2.75, 3.05) is 6.61 Å². The zero-order valence-corrected chi connectivity index (χ0v) is 14.3. The lowest BCUT2D eigenvalue weighted by Crippen LogP contribution is -2.44. The smallest absolute Gasteiger partial charge is 0.434 e. The first kappa shape index (κ1) is 17.3. The fraction of sp³-hybridized carbons (Fsp3) is 0.158. The molecule has 0 spiro atoms. The number of aromatic amines is 1. The molecule has 3 rings (SSSR count). The lowest BCUT2D eigenvalue weighted by molar-refractivity contribution is -0.749. The normalized spacial score (nSPS) is 11.0. The van der Waals surface area contributed by atoms with Crippen molar-refractivity contribution in [1.29, 1.82) is 0 Å². The SMILES string of the molecule is CCOC(=O)c1c(=O)n(N=Cc2ccccc2)[nH][n+]1Cc1ccccc1. The topological polar surface area (TPSA) is 80.3 Å². The Labute approximate surface area is 150 Å². The van der Waals surface area contributed by atoms with Crippen LogP contribution in [-0.2, 0) is 11.3 Å². The fourth-order valence-corrected chi connectivity index (χ4v) is 2.44. The van der Waals surface area contributed by atoms with Crippen molar-refractivity contribution in [3.8, 4) is 0 Å². The van der Waals surface area contributed by atoms with Crippen LogP contribution in [0.3, 0.4) is 0 Å². The molecule has 0 amide bonds. The molecule has 7 nitrogen and oxygen atoms in total. The Morgan fingerprint density at radius 3 is 2.46 bits per heavy atom. The van der Waals surface area contributed by atoms with E-state index in [-0.39, 0.29) is 12.3 Å². The number of H-pyrrole nitrogens is 1. The number of hydrogen-bond donors (Lipinski definition) is 1. The molecule has 1 N–H and O–H groups in total. The van der Waals surface area contributed by atoms with E-state index in [9.17, 15) is 9.59 Å². The van der Waals surface area contributed by atoms with Gasteiger partial charge in [-0.1, -0.05) is 71.0 Å². The van der Waals surface area contributed by atoms with Crippen LogP contribution in [0.15, 0.2) is 70.6 Å². The average Bonchev–Trinajstić information content (AvgIpc) is 2.97. The van der Waals surface area contributed by atoms with Crippen LogP contribution in [0.5, 0.6) is 0 Å². The second kappa shape index (κ2) is 8.06. The third-order valence-corrected chi connectivity index (χ3v) is 3.65. The molecule has 3 aromatic rings. The number of ether oxygens (including phenoxy) is 1. The van der Waals surface area contributed by atoms with Crippen LogP contribution in [0.2, 0.25) is 0 Å². The lowest BCUT2D eigenvalue weighted by Gasteiger charge is -2.00. The number of rotatable bonds is 6. The van der Waals surface area contributed by atoms with Crippen molar-refractivity contribution >= 4 is 12.2 Å². The minimum Gasteiger partial charge on any atom is -0.459 e. The molecule has 0 aliphatic carbocycles. The zero-order chi connectivity index (χ0) is 18.4. The molecule has 0 fully saturated rings. The molecule has 0 radical (unpaired) electrons. The summed E-state index contributed by atoms with van der Waals surface area (Å²) in [4.78, 5) is 25.9. The van der Waals surface area contributed by atoms with Crippen molar-refractivity contribution < 1.29 is 14.2 Å². The second-order valence-electron chi connectivity index (χ2n) is 5.51. The summed E-state index contributed by atoms with van der Waals surface area (Å²) in [6, 6.07) is 18.9. The van der Waals surface area contributed by atoms with E-state index in [0.29, 0.717) is 6.54 Å². The van der Waals surface area contributed by atoms with E-state index in [1.807, 2.05) is 60.7 Å². The van der Waals surface area contributed by atoms with Gasteiger partial charge in [-0.2, -0.15) is 0 Å². The molecule has 7 heteroatoms. The monoisotopic (exact) mass is 351 g/mol. The van der Waals surface area contributed by atoms with Gasteiger partial charge in [-0.05, 0) is 18.1 Å². The number of benzene rings is 2. The van der Waals surface area contributed by atoms with Gasteiger partial charge in [-0.25, -0.2) is 9.59 Å². The lowest BCUT2D eigenvalue weighted by atomic mass is 10.2. The van der Waals surface area contributed by atoms with Crippen molar-refractivity contribution in [3.63, 3.8) is 0 Å². The zero-order valence-electron chi connectivity index (χ0n) is 14.3. The van der Waals surface area contributed by atoms with Crippen LogP contribution in [0, 0.1) is 0 Å². The Kier molecular flexibility index (Phi) is 5.38. The number of esters is 1. The molecule has 1 heterocycles. The van der Waals surface area contributed by atoms with Gasteiger partial charge in [0, 0.05) is 4.79 Å². The highest BCUT2D eigenvalue weighted by atomic mass is 16.5. The molecule has 132 valence electrons. The number of carbonyl (C=O) groups excluding carboxylic acids is 1. The molecule has 1 aromatic heterocycles. The predicted octanol–water partition coefficient (Wildman–Crippen LogP) is 1.57. The van der Waals surface area contributed by atoms with Gasteiger partial charge in [0.15, 0.2) is 0 Å². The van der Waals surface area contributed by atoms with E-state index in [0.717, 1.165) is 15.9 Å².